The highest BCUT2D eigenvalue weighted by atomic mass is 19.4. The van der Waals surface area contributed by atoms with Crippen molar-refractivity contribution < 1.29 is 54.0 Å². The molecule has 3 aromatic carbocycles. The fourth-order valence-electron chi connectivity index (χ4n) is 6.11. The monoisotopic (exact) mass is 770 g/mol. The molecule has 2 fully saturated rings. The fourth-order valence-corrected chi connectivity index (χ4v) is 6.11. The predicted molar refractivity (Wildman–Crippen MR) is 189 cm³/mol. The van der Waals surface area contributed by atoms with Gasteiger partial charge in [-0.2, -0.15) is 39.5 Å². The SMILES string of the molecule is Cc1ccc(C(F)(F)F)cc1.FC(F)(F)c1ccc(ON=C2CCCCC2)cc1.FC(F)(F)c1ccc2oc3c(c2c1)CCCC3.ON=C1CCCCC1. The van der Waals surface area contributed by atoms with Gasteiger partial charge in [-0.1, -0.05) is 40.8 Å². The number of benzene rings is 3. The summed E-state index contributed by atoms with van der Waals surface area (Å²) >= 11 is 0. The van der Waals surface area contributed by atoms with Crippen molar-refractivity contribution in [1.82, 2.24) is 0 Å². The molecule has 54 heavy (non-hydrogen) atoms. The van der Waals surface area contributed by atoms with Gasteiger partial charge < -0.3 is 14.5 Å². The fraction of sp³-hybridized carbons (Fsp3) is 0.450. The number of rotatable bonds is 2. The quantitative estimate of drug-likeness (QED) is 0.125. The molecule has 5 nitrogen and oxygen atoms in total. The van der Waals surface area contributed by atoms with E-state index in [0.29, 0.717) is 16.7 Å². The van der Waals surface area contributed by atoms with Crippen molar-refractivity contribution in [3.05, 3.63) is 100 Å². The maximum atomic E-state index is 12.6. The maximum absolute atomic E-state index is 12.6. The molecule has 0 atom stereocenters. The molecule has 1 heterocycles. The smallest absolute Gasteiger partial charge is 0.416 e. The van der Waals surface area contributed by atoms with Crippen LogP contribution >= 0.6 is 0 Å². The van der Waals surface area contributed by atoms with Crippen LogP contribution in [0.3, 0.4) is 0 Å². The normalized spacial score (nSPS) is 16.0. The standard InChI is InChI=1S/C13H14F3NO.C13H11F3O.C8H7F3.C6H11NO/c14-13(15,16)10-6-8-12(9-7-10)18-17-11-4-2-1-3-5-11;14-13(15,16)8-5-6-12-10(7-8)9-3-1-2-4-11(9)17-12;1-6-2-4-7(5-3-6)8(9,10)11;8-7-6-4-2-1-3-5-6/h6-9H,1-5H2;5-7H,1-4H2;2-5H,1H3;8H,1-5H2. The molecule has 3 aliphatic rings. The second kappa shape index (κ2) is 19.2. The van der Waals surface area contributed by atoms with Crippen molar-refractivity contribution in [3.63, 3.8) is 0 Å². The summed E-state index contributed by atoms with van der Waals surface area (Å²) in [6.07, 6.45) is 1.93. The number of alkyl halides is 9. The van der Waals surface area contributed by atoms with E-state index in [-0.39, 0.29) is 0 Å². The number of furan rings is 1. The highest BCUT2D eigenvalue weighted by Crippen LogP contribution is 2.37. The highest BCUT2D eigenvalue weighted by molar-refractivity contribution is 5.85. The van der Waals surface area contributed by atoms with Crippen LogP contribution in [-0.4, -0.2) is 16.6 Å². The van der Waals surface area contributed by atoms with Gasteiger partial charge in [0.2, 0.25) is 0 Å². The van der Waals surface area contributed by atoms with Crippen molar-refractivity contribution in [2.75, 3.05) is 0 Å². The van der Waals surface area contributed by atoms with E-state index in [0.717, 1.165) is 123 Å². The van der Waals surface area contributed by atoms with Crippen molar-refractivity contribution in [2.45, 2.75) is 115 Å². The average Bonchev–Trinajstić information content (AvgIpc) is 3.53. The summed E-state index contributed by atoms with van der Waals surface area (Å²) in [4.78, 5) is 5.13. The van der Waals surface area contributed by atoms with Crippen LogP contribution < -0.4 is 4.84 Å². The average molecular weight is 771 g/mol. The summed E-state index contributed by atoms with van der Waals surface area (Å²) in [7, 11) is 0. The zero-order valence-corrected chi connectivity index (χ0v) is 29.8. The molecule has 14 heteroatoms. The second-order valence-electron chi connectivity index (χ2n) is 13.3. The third-order valence-electron chi connectivity index (χ3n) is 9.13. The number of fused-ring (bicyclic) bond motifs is 3. The molecule has 3 aliphatic carbocycles. The zero-order chi connectivity index (χ0) is 39.4. The van der Waals surface area contributed by atoms with E-state index < -0.39 is 35.2 Å². The van der Waals surface area contributed by atoms with Gasteiger partial charge in [0.25, 0.3) is 0 Å². The summed E-state index contributed by atoms with van der Waals surface area (Å²) < 4.78 is 116. The first-order valence-electron chi connectivity index (χ1n) is 17.9. The maximum Gasteiger partial charge on any atom is 0.416 e. The first-order valence-corrected chi connectivity index (χ1v) is 17.9. The lowest BCUT2D eigenvalue weighted by molar-refractivity contribution is -0.138. The Bertz CT molecular complexity index is 1810. The van der Waals surface area contributed by atoms with Crippen molar-refractivity contribution in [2.24, 2.45) is 10.3 Å². The summed E-state index contributed by atoms with van der Waals surface area (Å²) in [5, 5.41) is 16.1. The number of halogens is 9. The first-order chi connectivity index (χ1) is 25.5. The Labute approximate surface area is 307 Å². The van der Waals surface area contributed by atoms with E-state index in [1.165, 1.54) is 62.1 Å². The Morgan fingerprint density at radius 1 is 0.556 bits per heavy atom. The first kappa shape index (κ1) is 42.3. The lowest BCUT2D eigenvalue weighted by Gasteiger charge is -2.11. The molecule has 0 radical (unpaired) electrons. The van der Waals surface area contributed by atoms with Crippen LogP contribution in [0.1, 0.15) is 111 Å². The van der Waals surface area contributed by atoms with Crippen LogP contribution in [0.5, 0.6) is 5.75 Å². The number of hydrogen-bond donors (Lipinski definition) is 1. The minimum atomic E-state index is -4.31. The molecule has 0 bridgehead atoms. The Morgan fingerprint density at radius 3 is 1.52 bits per heavy atom. The number of hydrogen-bond acceptors (Lipinski definition) is 5. The van der Waals surface area contributed by atoms with Crippen LogP contribution in [0.15, 0.2) is 81.5 Å². The van der Waals surface area contributed by atoms with Gasteiger partial charge in [0.15, 0.2) is 5.75 Å². The molecule has 2 saturated carbocycles. The molecule has 294 valence electrons. The Morgan fingerprint density at radius 2 is 1.02 bits per heavy atom. The van der Waals surface area contributed by atoms with Crippen molar-refractivity contribution in [1.29, 1.82) is 0 Å². The zero-order valence-electron chi connectivity index (χ0n) is 29.8. The largest absolute Gasteiger partial charge is 0.461 e. The number of aryl methyl sites for hydroxylation is 3. The summed E-state index contributed by atoms with van der Waals surface area (Å²) in [5.41, 5.74) is 2.47. The second-order valence-corrected chi connectivity index (χ2v) is 13.3. The molecule has 7 rings (SSSR count). The Hall–Kier alpha value is -4.49. The van der Waals surface area contributed by atoms with Crippen LogP contribution in [-0.2, 0) is 31.4 Å². The van der Waals surface area contributed by atoms with Crippen LogP contribution in [0.25, 0.3) is 11.0 Å². The van der Waals surface area contributed by atoms with Crippen LogP contribution in [0, 0.1) is 6.92 Å². The minimum Gasteiger partial charge on any atom is -0.461 e. The van der Waals surface area contributed by atoms with E-state index in [9.17, 15) is 39.5 Å². The van der Waals surface area contributed by atoms with Crippen molar-refractivity contribution >= 4 is 22.4 Å². The van der Waals surface area contributed by atoms with Gasteiger partial charge in [0.05, 0.1) is 28.1 Å². The summed E-state index contributed by atoms with van der Waals surface area (Å²) in [6, 6.07) is 13.3. The van der Waals surface area contributed by atoms with Crippen molar-refractivity contribution in [3.8, 4) is 5.75 Å². The molecular weight excluding hydrogens is 727 g/mol. The molecule has 1 aromatic heterocycles. The molecule has 0 aliphatic heterocycles. The van der Waals surface area contributed by atoms with E-state index in [1.54, 1.807) is 6.92 Å². The van der Waals surface area contributed by atoms with Crippen LogP contribution in [0.2, 0.25) is 0 Å². The van der Waals surface area contributed by atoms with E-state index in [2.05, 4.69) is 10.3 Å². The summed E-state index contributed by atoms with van der Waals surface area (Å²) in [6.45, 7) is 1.75. The Kier molecular flexibility index (Phi) is 15.0. The van der Waals surface area contributed by atoms with E-state index >= 15 is 0 Å². The van der Waals surface area contributed by atoms with Crippen LogP contribution in [0.4, 0.5) is 39.5 Å². The van der Waals surface area contributed by atoms with Gasteiger partial charge in [-0.15, -0.1) is 0 Å². The van der Waals surface area contributed by atoms with Gasteiger partial charge in [0, 0.05) is 17.4 Å². The molecule has 0 unspecified atom stereocenters. The Balaban J connectivity index is 0.000000168. The lowest BCUT2D eigenvalue weighted by Crippen LogP contribution is -2.06. The lowest BCUT2D eigenvalue weighted by atomic mass is 9.95. The topological polar surface area (TPSA) is 67.3 Å². The minimum absolute atomic E-state index is 0.334. The molecule has 0 spiro atoms. The van der Waals surface area contributed by atoms with Gasteiger partial charge in [-0.3, -0.25) is 0 Å². The van der Waals surface area contributed by atoms with Gasteiger partial charge >= 0.3 is 18.5 Å². The van der Waals surface area contributed by atoms with Gasteiger partial charge in [0.1, 0.15) is 11.3 Å². The van der Waals surface area contributed by atoms with Gasteiger partial charge in [-0.25, -0.2) is 0 Å². The molecule has 1 N–H and O–H groups in total. The highest BCUT2D eigenvalue weighted by Gasteiger charge is 2.32. The van der Waals surface area contributed by atoms with E-state index in [4.69, 9.17) is 14.5 Å². The summed E-state index contributed by atoms with van der Waals surface area (Å²) in [5.74, 6) is 1.20. The van der Waals surface area contributed by atoms with E-state index in [1.807, 2.05) is 0 Å². The molecular formula is C40H43F9N2O3. The number of nitrogens with zero attached hydrogens (tertiary/aromatic N) is 2. The molecule has 4 aromatic rings. The third-order valence-corrected chi connectivity index (χ3v) is 9.13. The third kappa shape index (κ3) is 13.1. The number of oxime groups is 2. The molecule has 0 saturated heterocycles. The predicted octanol–water partition coefficient (Wildman–Crippen LogP) is 13.5. The molecule has 0 amide bonds. The van der Waals surface area contributed by atoms with Gasteiger partial charge in [-0.05, 0) is 132 Å².